The van der Waals surface area contributed by atoms with E-state index in [4.69, 9.17) is 0 Å². The number of hydrogen-bond acceptors (Lipinski definition) is 0. The molecule has 0 bridgehead atoms. The molecule has 152 valence electrons. The van der Waals surface area contributed by atoms with Crippen molar-refractivity contribution < 1.29 is 0 Å². The summed E-state index contributed by atoms with van der Waals surface area (Å²) in [4.78, 5) is 0. The molecule has 0 spiro atoms. The molecule has 0 aliphatic heterocycles. The van der Waals surface area contributed by atoms with Crippen molar-refractivity contribution in [2.75, 3.05) is 0 Å². The van der Waals surface area contributed by atoms with Gasteiger partial charge in [-0.25, -0.2) is 0 Å². The van der Waals surface area contributed by atoms with Crippen molar-refractivity contribution in [2.24, 2.45) is 0 Å². The Labute approximate surface area is 195 Å². The molecule has 0 heterocycles. The highest BCUT2D eigenvalue weighted by atomic mass is 79.9. The van der Waals surface area contributed by atoms with Crippen molar-refractivity contribution in [3.63, 3.8) is 0 Å². The summed E-state index contributed by atoms with van der Waals surface area (Å²) in [5.41, 5.74) is 1.39. The molecule has 0 aliphatic carbocycles. The van der Waals surface area contributed by atoms with E-state index in [0.717, 1.165) is 6.16 Å². The first-order valence-corrected chi connectivity index (χ1v) is 12.4. The summed E-state index contributed by atoms with van der Waals surface area (Å²) in [6.07, 6.45) is 1.01. The van der Waals surface area contributed by atoms with Crippen LogP contribution in [-0.2, 0) is 6.16 Å². The van der Waals surface area contributed by atoms with Gasteiger partial charge in [0.25, 0.3) is 0 Å². The normalized spacial score (nSPS) is 11.1. The Balaban J connectivity index is 0.00000231. The van der Waals surface area contributed by atoms with Crippen LogP contribution in [0.4, 0.5) is 0 Å². The zero-order valence-corrected chi connectivity index (χ0v) is 19.9. The van der Waals surface area contributed by atoms with Crippen molar-refractivity contribution in [1.82, 2.24) is 0 Å². The predicted molar refractivity (Wildman–Crippen MR) is 143 cm³/mol. The van der Waals surface area contributed by atoms with Crippen molar-refractivity contribution >= 4 is 50.9 Å². The summed E-state index contributed by atoms with van der Waals surface area (Å²) in [6, 6.07) is 48.9. The van der Waals surface area contributed by atoms with Gasteiger partial charge in [-0.3, -0.25) is 0 Å². The lowest BCUT2D eigenvalue weighted by molar-refractivity contribution is 1.41. The fourth-order valence-electron chi connectivity index (χ4n) is 4.38. The highest BCUT2D eigenvalue weighted by Gasteiger charge is 2.45. The Morgan fingerprint density at radius 1 is 0.419 bits per heavy atom. The van der Waals surface area contributed by atoms with Gasteiger partial charge in [0.05, 0.1) is 6.16 Å². The molecule has 0 unspecified atom stereocenters. The van der Waals surface area contributed by atoms with E-state index in [0.29, 0.717) is 0 Å². The van der Waals surface area contributed by atoms with Crippen LogP contribution in [0.2, 0.25) is 0 Å². The molecule has 2 heteroatoms. The van der Waals surface area contributed by atoms with Crippen molar-refractivity contribution in [3.8, 4) is 0 Å². The third-order valence-corrected chi connectivity index (χ3v) is 10.2. The summed E-state index contributed by atoms with van der Waals surface area (Å²) < 4.78 is 0. The van der Waals surface area contributed by atoms with Gasteiger partial charge in [0.15, 0.2) is 0 Å². The van der Waals surface area contributed by atoms with Crippen LogP contribution < -0.4 is 15.9 Å². The Kier molecular flexibility index (Phi) is 6.66. The second kappa shape index (κ2) is 9.60. The molecule has 31 heavy (non-hydrogen) atoms. The number of rotatable bonds is 5. The largest absolute Gasteiger partial charge is 0.116 e. The molecule has 5 aromatic carbocycles. The van der Waals surface area contributed by atoms with Gasteiger partial charge < -0.3 is 0 Å². The van der Waals surface area contributed by atoms with E-state index in [2.05, 4.69) is 133 Å². The van der Waals surface area contributed by atoms with Crippen LogP contribution in [0.5, 0.6) is 0 Å². The molecule has 0 fully saturated rings. The fourth-order valence-corrected chi connectivity index (χ4v) is 8.61. The smallest absolute Gasteiger partial charge is 0.114 e. The molecule has 0 amide bonds. The van der Waals surface area contributed by atoms with Crippen LogP contribution >= 0.6 is 24.2 Å². The summed E-state index contributed by atoms with van der Waals surface area (Å²) in [6.45, 7) is 0. The molecule has 0 N–H and O–H groups in total. The van der Waals surface area contributed by atoms with Crippen LogP contribution in [0, 0.1) is 0 Å². The number of halogens is 1. The van der Waals surface area contributed by atoms with E-state index in [1.165, 1.54) is 32.2 Å². The van der Waals surface area contributed by atoms with E-state index >= 15 is 0 Å². The lowest BCUT2D eigenvalue weighted by Crippen LogP contribution is -2.32. The van der Waals surface area contributed by atoms with Crippen LogP contribution in [-0.4, -0.2) is 0 Å². The van der Waals surface area contributed by atoms with E-state index in [9.17, 15) is 0 Å². The van der Waals surface area contributed by atoms with Gasteiger partial charge >= 0.3 is 0 Å². The average Bonchev–Trinajstić information content (AvgIpc) is 2.84. The topological polar surface area (TPSA) is 0 Å². The van der Waals surface area contributed by atoms with E-state index < -0.39 is 7.26 Å². The first-order chi connectivity index (χ1) is 14.9. The second-order valence-electron chi connectivity index (χ2n) is 7.66. The van der Waals surface area contributed by atoms with Crippen LogP contribution in [0.1, 0.15) is 5.56 Å². The second-order valence-corrected chi connectivity index (χ2v) is 11.1. The lowest BCUT2D eigenvalue weighted by Gasteiger charge is -2.28. The highest BCUT2D eigenvalue weighted by Crippen LogP contribution is 2.58. The molecular weight excluding hydrogens is 459 g/mol. The first kappa shape index (κ1) is 21.5. The van der Waals surface area contributed by atoms with Gasteiger partial charge in [-0.1, -0.05) is 91.0 Å². The molecule has 0 nitrogen and oxygen atoms in total. The molecule has 0 saturated carbocycles. The van der Waals surface area contributed by atoms with Gasteiger partial charge in [0.2, 0.25) is 0 Å². The summed E-state index contributed by atoms with van der Waals surface area (Å²) >= 11 is 0. The molecule has 0 radical (unpaired) electrons. The Hall–Kier alpha value is -2.73. The van der Waals surface area contributed by atoms with Gasteiger partial charge in [0.1, 0.15) is 23.2 Å². The molecule has 5 aromatic rings. The summed E-state index contributed by atoms with van der Waals surface area (Å²) in [5, 5.41) is 6.88. The zero-order chi connectivity index (χ0) is 20.2. The van der Waals surface area contributed by atoms with Crippen molar-refractivity contribution in [3.05, 3.63) is 139 Å². The van der Waals surface area contributed by atoms with Gasteiger partial charge in [0, 0.05) is 0 Å². The quantitative estimate of drug-likeness (QED) is 0.238. The van der Waals surface area contributed by atoms with Crippen LogP contribution in [0.15, 0.2) is 133 Å². The molecular formula is C29H25BrP+. The van der Waals surface area contributed by atoms with Crippen LogP contribution in [0.3, 0.4) is 0 Å². The number of benzene rings is 5. The molecule has 0 atom stereocenters. The fraction of sp³-hybridized carbons (Fsp3) is 0.0345. The third-order valence-electron chi connectivity index (χ3n) is 5.82. The summed E-state index contributed by atoms with van der Waals surface area (Å²) in [7, 11) is -1.85. The van der Waals surface area contributed by atoms with Crippen molar-refractivity contribution in [1.29, 1.82) is 0 Å². The molecule has 0 saturated heterocycles. The maximum atomic E-state index is 2.37. The predicted octanol–water partition coefficient (Wildman–Crippen LogP) is 6.91. The van der Waals surface area contributed by atoms with E-state index in [1.54, 1.807) is 0 Å². The molecule has 0 aliphatic rings. The monoisotopic (exact) mass is 483 g/mol. The van der Waals surface area contributed by atoms with Gasteiger partial charge in [-0.05, 0) is 58.8 Å². The van der Waals surface area contributed by atoms with Gasteiger partial charge in [-0.15, -0.1) is 17.0 Å². The third kappa shape index (κ3) is 4.22. The minimum atomic E-state index is -1.85. The van der Waals surface area contributed by atoms with Crippen molar-refractivity contribution in [2.45, 2.75) is 6.16 Å². The zero-order valence-electron chi connectivity index (χ0n) is 17.3. The molecule has 5 rings (SSSR count). The Bertz CT molecular complexity index is 1150. The van der Waals surface area contributed by atoms with E-state index in [-0.39, 0.29) is 17.0 Å². The lowest BCUT2D eigenvalue weighted by atomic mass is 10.1. The number of fused-ring (bicyclic) bond motifs is 1. The Morgan fingerprint density at radius 2 is 0.839 bits per heavy atom. The minimum absolute atomic E-state index is 0. The average molecular weight is 484 g/mol. The Morgan fingerprint density at radius 3 is 1.32 bits per heavy atom. The molecule has 0 aromatic heterocycles. The number of hydrogen-bond donors (Lipinski definition) is 0. The minimum Gasteiger partial charge on any atom is -0.114 e. The first-order valence-electron chi connectivity index (χ1n) is 10.4. The standard InChI is InChI=1S/C29H24P.BrH/c1-4-14-27(15-5-1)30(28-16-6-2-7-17-28,29-18-8-3-9-19-29)23-24-20-21-25-12-10-11-13-26(25)22-24;/h1-22H,23H2;1H/q+1;. The highest BCUT2D eigenvalue weighted by molar-refractivity contribution is 8.93. The SMILES string of the molecule is Br.c1ccc([P+](Cc2ccc3ccccc3c2)(c2ccccc2)c2ccccc2)cc1. The maximum Gasteiger partial charge on any atom is 0.116 e. The summed E-state index contributed by atoms with van der Waals surface area (Å²) in [5.74, 6) is 0. The van der Waals surface area contributed by atoms with Gasteiger partial charge in [-0.2, -0.15) is 0 Å². The maximum absolute atomic E-state index is 2.37. The van der Waals surface area contributed by atoms with Crippen LogP contribution in [0.25, 0.3) is 10.8 Å². The van der Waals surface area contributed by atoms with E-state index in [1.807, 2.05) is 0 Å².